The molecule has 30 heavy (non-hydrogen) atoms. The highest BCUT2D eigenvalue weighted by molar-refractivity contribution is 6.32. The number of nitrogens with zero attached hydrogens (tertiary/aromatic N) is 1. The topological polar surface area (TPSA) is 62.1 Å². The molecule has 0 heterocycles. The third-order valence-electron chi connectivity index (χ3n) is 4.19. The van der Waals surface area contributed by atoms with Crippen LogP contribution in [0.2, 0.25) is 5.02 Å². The summed E-state index contributed by atoms with van der Waals surface area (Å²) in [7, 11) is 0. The van der Waals surface area contributed by atoms with Crippen LogP contribution < -0.4 is 10.1 Å². The Kier molecular flexibility index (Phi) is 6.84. The number of nitriles is 1. The lowest BCUT2D eigenvalue weighted by Crippen LogP contribution is -2.13. The van der Waals surface area contributed by atoms with E-state index in [9.17, 15) is 14.4 Å². The average Bonchev–Trinajstić information content (AvgIpc) is 2.71. The van der Waals surface area contributed by atoms with Gasteiger partial charge in [0.1, 0.15) is 29.8 Å². The number of amides is 1. The molecule has 0 saturated carbocycles. The van der Waals surface area contributed by atoms with Crippen molar-refractivity contribution in [3.63, 3.8) is 0 Å². The predicted octanol–water partition coefficient (Wildman–Crippen LogP) is 5.91. The highest BCUT2D eigenvalue weighted by Crippen LogP contribution is 2.27. The zero-order valence-corrected chi connectivity index (χ0v) is 16.9. The zero-order valence-electron chi connectivity index (χ0n) is 16.2. The molecule has 0 atom stereocenters. The Hall–Kier alpha value is -3.62. The maximum atomic E-state index is 13.3. The van der Waals surface area contributed by atoms with Crippen molar-refractivity contribution in [3.8, 4) is 11.8 Å². The molecule has 3 aromatic rings. The van der Waals surface area contributed by atoms with E-state index in [1.807, 2.05) is 31.2 Å². The number of hydrogen-bond donors (Lipinski definition) is 1. The molecule has 3 aromatic carbocycles. The van der Waals surface area contributed by atoms with E-state index in [2.05, 4.69) is 5.32 Å². The van der Waals surface area contributed by atoms with Crippen LogP contribution in [0.15, 0.2) is 72.3 Å². The molecule has 0 aliphatic heterocycles. The van der Waals surface area contributed by atoms with E-state index in [1.165, 1.54) is 18.2 Å². The standard InChI is InChI=1S/C24H18ClFN2O2/c1-16-4-2-7-21(10-16)28-24(29)19(14-27)11-17-8-9-23(22(25)13-17)30-15-18-5-3-6-20(26)12-18/h2-13H,15H2,1H3,(H,28,29)/b19-11+. The number of benzene rings is 3. The van der Waals surface area contributed by atoms with Crippen LogP contribution in [0.1, 0.15) is 16.7 Å². The molecule has 150 valence electrons. The van der Waals surface area contributed by atoms with Crippen molar-refractivity contribution in [1.29, 1.82) is 5.26 Å². The fourth-order valence-corrected chi connectivity index (χ4v) is 2.99. The number of anilines is 1. The summed E-state index contributed by atoms with van der Waals surface area (Å²) in [4.78, 5) is 12.4. The molecule has 0 fully saturated rings. The zero-order chi connectivity index (χ0) is 21.5. The van der Waals surface area contributed by atoms with Gasteiger partial charge in [0.15, 0.2) is 0 Å². The first-order valence-electron chi connectivity index (χ1n) is 9.11. The van der Waals surface area contributed by atoms with Crippen LogP contribution in [0.4, 0.5) is 10.1 Å². The summed E-state index contributed by atoms with van der Waals surface area (Å²) in [6, 6.07) is 20.2. The third kappa shape index (κ3) is 5.69. The van der Waals surface area contributed by atoms with Crippen molar-refractivity contribution >= 4 is 29.3 Å². The average molecular weight is 421 g/mol. The minimum atomic E-state index is -0.509. The Balaban J connectivity index is 1.71. The van der Waals surface area contributed by atoms with Gasteiger partial charge < -0.3 is 10.1 Å². The van der Waals surface area contributed by atoms with Crippen molar-refractivity contribution in [2.45, 2.75) is 13.5 Å². The fourth-order valence-electron chi connectivity index (χ4n) is 2.75. The lowest BCUT2D eigenvalue weighted by atomic mass is 10.1. The van der Waals surface area contributed by atoms with Gasteiger partial charge >= 0.3 is 0 Å². The number of halogens is 2. The van der Waals surface area contributed by atoms with E-state index >= 15 is 0 Å². The van der Waals surface area contributed by atoms with Gasteiger partial charge in [0.2, 0.25) is 0 Å². The maximum Gasteiger partial charge on any atom is 0.266 e. The number of hydrogen-bond acceptors (Lipinski definition) is 3. The molecule has 1 N–H and O–H groups in total. The molecule has 0 aliphatic rings. The van der Waals surface area contributed by atoms with Crippen molar-refractivity contribution in [1.82, 2.24) is 0 Å². The number of aryl methyl sites for hydroxylation is 1. The second-order valence-electron chi connectivity index (χ2n) is 6.60. The quantitative estimate of drug-likeness (QED) is 0.398. The van der Waals surface area contributed by atoms with Crippen LogP contribution in [0.3, 0.4) is 0 Å². The summed E-state index contributed by atoms with van der Waals surface area (Å²) in [6.45, 7) is 2.08. The van der Waals surface area contributed by atoms with Crippen molar-refractivity contribution in [3.05, 3.63) is 99.8 Å². The molecule has 4 nitrogen and oxygen atoms in total. The van der Waals surface area contributed by atoms with Gasteiger partial charge in [0, 0.05) is 5.69 Å². The summed E-state index contributed by atoms with van der Waals surface area (Å²) < 4.78 is 18.9. The minimum absolute atomic E-state index is 0.0546. The second kappa shape index (κ2) is 9.73. The van der Waals surface area contributed by atoms with Crippen LogP contribution >= 0.6 is 11.6 Å². The van der Waals surface area contributed by atoms with Crippen molar-refractivity contribution < 1.29 is 13.9 Å². The molecule has 0 aromatic heterocycles. The second-order valence-corrected chi connectivity index (χ2v) is 7.01. The number of carbonyl (C=O) groups excluding carboxylic acids is 1. The molecule has 0 aliphatic carbocycles. The molecule has 0 unspecified atom stereocenters. The first-order valence-corrected chi connectivity index (χ1v) is 9.49. The molecule has 0 saturated heterocycles. The fraction of sp³-hybridized carbons (Fsp3) is 0.0833. The third-order valence-corrected chi connectivity index (χ3v) is 4.49. The lowest BCUT2D eigenvalue weighted by molar-refractivity contribution is -0.112. The maximum absolute atomic E-state index is 13.3. The smallest absolute Gasteiger partial charge is 0.266 e. The van der Waals surface area contributed by atoms with Gasteiger partial charge in [0.05, 0.1) is 5.02 Å². The van der Waals surface area contributed by atoms with Crippen LogP contribution in [0.5, 0.6) is 5.75 Å². The first-order chi connectivity index (χ1) is 14.4. The Morgan fingerprint density at radius 3 is 2.67 bits per heavy atom. The summed E-state index contributed by atoms with van der Waals surface area (Å²) in [5.41, 5.74) is 2.81. The van der Waals surface area contributed by atoms with Gasteiger partial charge in [0.25, 0.3) is 5.91 Å². The monoisotopic (exact) mass is 420 g/mol. The van der Waals surface area contributed by atoms with E-state index in [-0.39, 0.29) is 18.0 Å². The van der Waals surface area contributed by atoms with Crippen LogP contribution in [0, 0.1) is 24.1 Å². The SMILES string of the molecule is Cc1cccc(NC(=O)/C(C#N)=C/c2ccc(OCc3cccc(F)c3)c(Cl)c2)c1. The van der Waals surface area contributed by atoms with E-state index < -0.39 is 5.91 Å². The van der Waals surface area contributed by atoms with E-state index in [0.717, 1.165) is 5.56 Å². The highest BCUT2D eigenvalue weighted by atomic mass is 35.5. The molecule has 0 radical (unpaired) electrons. The summed E-state index contributed by atoms with van der Waals surface area (Å²) in [6.07, 6.45) is 1.45. The molecular formula is C24H18ClFN2O2. The molecule has 1 amide bonds. The normalized spacial score (nSPS) is 10.9. The van der Waals surface area contributed by atoms with E-state index in [0.29, 0.717) is 27.6 Å². The van der Waals surface area contributed by atoms with Gasteiger partial charge in [-0.25, -0.2) is 4.39 Å². The van der Waals surface area contributed by atoms with Gasteiger partial charge in [-0.05, 0) is 66.1 Å². The molecule has 0 bridgehead atoms. The first kappa shape index (κ1) is 21.1. The van der Waals surface area contributed by atoms with Gasteiger partial charge in [-0.3, -0.25) is 4.79 Å². The molecule has 3 rings (SSSR count). The molecular weight excluding hydrogens is 403 g/mol. The summed E-state index contributed by atoms with van der Waals surface area (Å²) in [5, 5.41) is 12.4. The lowest BCUT2D eigenvalue weighted by Gasteiger charge is -2.09. The van der Waals surface area contributed by atoms with Crippen LogP contribution in [0.25, 0.3) is 6.08 Å². The number of ether oxygens (including phenoxy) is 1. The van der Waals surface area contributed by atoms with Gasteiger partial charge in [-0.1, -0.05) is 41.9 Å². The Labute approximate surface area is 179 Å². The number of rotatable bonds is 6. The van der Waals surface area contributed by atoms with E-state index in [1.54, 1.807) is 36.4 Å². The largest absolute Gasteiger partial charge is 0.487 e. The van der Waals surface area contributed by atoms with Gasteiger partial charge in [-0.2, -0.15) is 5.26 Å². The Bertz CT molecular complexity index is 1150. The number of carbonyl (C=O) groups is 1. The summed E-state index contributed by atoms with van der Waals surface area (Å²) >= 11 is 6.27. The highest BCUT2D eigenvalue weighted by Gasteiger charge is 2.11. The van der Waals surface area contributed by atoms with Crippen LogP contribution in [-0.2, 0) is 11.4 Å². The predicted molar refractivity (Wildman–Crippen MR) is 116 cm³/mol. The Morgan fingerprint density at radius 2 is 1.97 bits per heavy atom. The Morgan fingerprint density at radius 1 is 1.17 bits per heavy atom. The van der Waals surface area contributed by atoms with Crippen LogP contribution in [-0.4, -0.2) is 5.91 Å². The minimum Gasteiger partial charge on any atom is -0.487 e. The molecule has 6 heteroatoms. The van der Waals surface area contributed by atoms with Crippen molar-refractivity contribution in [2.24, 2.45) is 0 Å². The van der Waals surface area contributed by atoms with E-state index in [4.69, 9.17) is 16.3 Å². The number of nitrogens with one attached hydrogen (secondary N) is 1. The van der Waals surface area contributed by atoms with Crippen molar-refractivity contribution in [2.75, 3.05) is 5.32 Å². The summed E-state index contributed by atoms with van der Waals surface area (Å²) in [5.74, 6) is -0.429. The molecule has 0 spiro atoms. The van der Waals surface area contributed by atoms with Gasteiger partial charge in [-0.15, -0.1) is 0 Å².